The fraction of sp³-hybridized carbons (Fsp3) is 0.567. The number of hydrogen-bond acceptors (Lipinski definition) is 7. The molecule has 218 valence electrons. The first kappa shape index (κ1) is 28.3. The van der Waals surface area contributed by atoms with E-state index in [-0.39, 0.29) is 39.6 Å². The summed E-state index contributed by atoms with van der Waals surface area (Å²) in [5, 5.41) is 6.46. The molecule has 0 radical (unpaired) electrons. The Bertz CT molecular complexity index is 1410. The zero-order chi connectivity index (χ0) is 29.1. The van der Waals surface area contributed by atoms with E-state index in [0.717, 1.165) is 24.2 Å². The van der Waals surface area contributed by atoms with E-state index in [1.54, 1.807) is 13.2 Å². The average Bonchev–Trinajstić information content (AvgIpc) is 3.56. The van der Waals surface area contributed by atoms with Gasteiger partial charge in [0.1, 0.15) is 11.8 Å². The molecule has 1 saturated heterocycles. The van der Waals surface area contributed by atoms with E-state index in [0.29, 0.717) is 43.3 Å². The zero-order valence-corrected chi connectivity index (χ0v) is 24.9. The number of aromatic nitrogens is 2. The van der Waals surface area contributed by atoms with Crippen LogP contribution in [0.5, 0.6) is 5.75 Å². The Balaban J connectivity index is 1.18. The third-order valence-corrected chi connectivity index (χ3v) is 10.4. The quantitative estimate of drug-likeness (QED) is 0.336. The van der Waals surface area contributed by atoms with Gasteiger partial charge in [0.2, 0.25) is 5.91 Å². The first-order valence-corrected chi connectivity index (χ1v) is 14.9. The molecule has 9 nitrogen and oxygen atoms in total. The van der Waals surface area contributed by atoms with Gasteiger partial charge in [0.05, 0.1) is 30.4 Å². The van der Waals surface area contributed by atoms with Gasteiger partial charge in [-0.15, -0.1) is 6.58 Å². The smallest absolute Gasteiger partial charge is 0.482 e. The van der Waals surface area contributed by atoms with Crippen LogP contribution in [0.4, 0.5) is 5.82 Å². The summed E-state index contributed by atoms with van der Waals surface area (Å²) in [6.07, 6.45) is 5.32. The Labute approximate surface area is 246 Å². The SMILES string of the molecule is C=CC[C@H](NC(=O)[C@@H]1CCc2c(Cl)nc(NCc3ccc(OC)cc3)c(=O)n21)B1OC2CC3CC(C3(C)C)C2(C)O1. The summed E-state index contributed by atoms with van der Waals surface area (Å²) in [5.41, 5.74) is 0.989. The molecule has 41 heavy (non-hydrogen) atoms. The molecule has 6 atom stereocenters. The zero-order valence-electron chi connectivity index (χ0n) is 24.1. The number of halogens is 1. The van der Waals surface area contributed by atoms with Crippen LogP contribution in [0.2, 0.25) is 5.15 Å². The van der Waals surface area contributed by atoms with Crippen molar-refractivity contribution in [2.75, 3.05) is 12.4 Å². The number of methoxy groups -OCH3 is 1. The van der Waals surface area contributed by atoms with Gasteiger partial charge in [-0.2, -0.15) is 0 Å². The van der Waals surface area contributed by atoms with Crippen molar-refractivity contribution in [2.45, 2.75) is 83.1 Å². The van der Waals surface area contributed by atoms with Gasteiger partial charge in [-0.3, -0.25) is 14.2 Å². The van der Waals surface area contributed by atoms with Crippen LogP contribution in [-0.2, 0) is 27.1 Å². The highest BCUT2D eigenvalue weighted by molar-refractivity contribution is 6.48. The lowest BCUT2D eigenvalue weighted by Crippen LogP contribution is -2.65. The van der Waals surface area contributed by atoms with E-state index >= 15 is 0 Å². The predicted octanol–water partition coefficient (Wildman–Crippen LogP) is 4.33. The molecule has 2 aliphatic heterocycles. The van der Waals surface area contributed by atoms with Crippen LogP contribution >= 0.6 is 11.6 Å². The number of nitrogens with zero attached hydrogens (tertiary/aromatic N) is 2. The van der Waals surface area contributed by atoms with Crippen molar-refractivity contribution in [1.29, 1.82) is 0 Å². The minimum Gasteiger partial charge on any atom is -0.497 e. The molecule has 2 bridgehead atoms. The van der Waals surface area contributed by atoms with Crippen LogP contribution in [0.15, 0.2) is 41.7 Å². The normalized spacial score (nSPS) is 29.6. The number of fused-ring (bicyclic) bond motifs is 1. The van der Waals surface area contributed by atoms with E-state index < -0.39 is 19.1 Å². The number of hydrogen-bond donors (Lipinski definition) is 2. The molecule has 7 rings (SSSR count). The molecule has 3 saturated carbocycles. The number of anilines is 1. The van der Waals surface area contributed by atoms with Gasteiger partial charge in [0, 0.05) is 6.54 Å². The van der Waals surface area contributed by atoms with Gasteiger partial charge >= 0.3 is 7.12 Å². The lowest BCUT2D eigenvalue weighted by Gasteiger charge is -2.64. The minimum atomic E-state index is -0.710. The molecule has 4 fully saturated rings. The van der Waals surface area contributed by atoms with Crippen molar-refractivity contribution < 1.29 is 18.8 Å². The number of carbonyl (C=O) groups excluding carboxylic acids is 1. The summed E-state index contributed by atoms with van der Waals surface area (Å²) >= 11 is 6.51. The molecule has 3 aliphatic carbocycles. The van der Waals surface area contributed by atoms with Crippen molar-refractivity contribution in [3.63, 3.8) is 0 Å². The third-order valence-electron chi connectivity index (χ3n) is 10.1. The second-order valence-electron chi connectivity index (χ2n) is 12.6. The number of ether oxygens (including phenoxy) is 1. The van der Waals surface area contributed by atoms with Crippen LogP contribution in [0, 0.1) is 17.3 Å². The van der Waals surface area contributed by atoms with Crippen molar-refractivity contribution in [3.05, 3.63) is 63.7 Å². The maximum Gasteiger partial charge on any atom is 0.482 e. The van der Waals surface area contributed by atoms with Gasteiger partial charge in [0.25, 0.3) is 5.56 Å². The summed E-state index contributed by atoms with van der Waals surface area (Å²) in [4.78, 5) is 31.6. The first-order valence-electron chi connectivity index (χ1n) is 14.5. The number of carbonyl (C=O) groups is 1. The Morgan fingerprint density at radius 2 is 2.07 bits per heavy atom. The first-order chi connectivity index (χ1) is 19.6. The molecule has 11 heteroatoms. The maximum absolute atomic E-state index is 13.7. The maximum atomic E-state index is 13.7. The molecule has 1 amide bonds. The van der Waals surface area contributed by atoms with Gasteiger partial charge < -0.3 is 24.7 Å². The Morgan fingerprint density at radius 3 is 2.76 bits per heavy atom. The molecule has 1 aromatic heterocycles. The van der Waals surface area contributed by atoms with E-state index in [2.05, 4.69) is 43.0 Å². The molecule has 3 heterocycles. The molecule has 5 aliphatic rings. The number of amides is 1. The highest BCUT2D eigenvalue weighted by Crippen LogP contribution is 2.65. The van der Waals surface area contributed by atoms with Crippen LogP contribution in [0.25, 0.3) is 0 Å². The molecular formula is C30H38BClN4O5. The molecular weight excluding hydrogens is 543 g/mol. The van der Waals surface area contributed by atoms with Crippen molar-refractivity contribution in [2.24, 2.45) is 17.3 Å². The highest BCUT2D eigenvalue weighted by Gasteiger charge is 2.68. The van der Waals surface area contributed by atoms with Crippen molar-refractivity contribution in [3.8, 4) is 5.75 Å². The van der Waals surface area contributed by atoms with Crippen LogP contribution in [0.1, 0.15) is 63.8 Å². The summed E-state index contributed by atoms with van der Waals surface area (Å²) in [6, 6.07) is 6.80. The van der Waals surface area contributed by atoms with Crippen molar-refractivity contribution >= 4 is 30.4 Å². The van der Waals surface area contributed by atoms with Gasteiger partial charge in [0.15, 0.2) is 11.0 Å². The third kappa shape index (κ3) is 4.68. The summed E-state index contributed by atoms with van der Waals surface area (Å²) in [7, 11) is 1.03. The fourth-order valence-electron chi connectivity index (χ4n) is 7.56. The highest BCUT2D eigenvalue weighted by atomic mass is 35.5. The second kappa shape index (κ2) is 10.5. The number of nitrogens with one attached hydrogen (secondary N) is 2. The van der Waals surface area contributed by atoms with Gasteiger partial charge in [-0.1, -0.05) is 43.7 Å². The number of rotatable bonds is 9. The molecule has 4 unspecified atom stereocenters. The Hall–Kier alpha value is -2.82. The Morgan fingerprint density at radius 1 is 1.32 bits per heavy atom. The standard InChI is InChI=1S/C30H38BClN4O5/c1-6-7-24(31-40-23-15-18-14-22(29(18,2)3)30(23,4)41-31)34-27(37)21-13-12-20-25(32)35-26(28(38)36(20)21)33-16-17-8-10-19(39-5)11-9-17/h6,8-11,18,21-24H,1,7,12-16H2,2-5H3,(H,33,35)(H,34,37)/t18?,21-,22?,23?,24-,30?/m0/s1. The Kier molecular flexibility index (Phi) is 7.23. The van der Waals surface area contributed by atoms with E-state index in [9.17, 15) is 9.59 Å². The monoisotopic (exact) mass is 580 g/mol. The predicted molar refractivity (Wildman–Crippen MR) is 158 cm³/mol. The summed E-state index contributed by atoms with van der Waals surface area (Å²) in [6.45, 7) is 11.1. The van der Waals surface area contributed by atoms with E-state index in [1.807, 2.05) is 24.3 Å². The summed E-state index contributed by atoms with van der Waals surface area (Å²) < 4.78 is 19.8. The molecule has 1 aromatic carbocycles. The summed E-state index contributed by atoms with van der Waals surface area (Å²) in [5.74, 6) is 1.22. The van der Waals surface area contributed by atoms with Crippen LogP contribution < -0.4 is 20.9 Å². The van der Waals surface area contributed by atoms with Gasteiger partial charge in [-0.25, -0.2) is 4.98 Å². The van der Waals surface area contributed by atoms with Crippen LogP contribution in [-0.4, -0.2) is 47.3 Å². The van der Waals surface area contributed by atoms with Gasteiger partial charge in [-0.05, 0) is 74.0 Å². The fourth-order valence-corrected chi connectivity index (χ4v) is 7.83. The average molecular weight is 581 g/mol. The topological polar surface area (TPSA) is 104 Å². The minimum absolute atomic E-state index is 0.00698. The second-order valence-corrected chi connectivity index (χ2v) is 13.0. The molecule has 2 N–H and O–H groups in total. The number of benzene rings is 1. The van der Waals surface area contributed by atoms with Crippen LogP contribution in [0.3, 0.4) is 0 Å². The van der Waals surface area contributed by atoms with E-state index in [1.165, 1.54) is 4.57 Å². The lowest BCUT2D eigenvalue weighted by molar-refractivity contribution is -0.199. The van der Waals surface area contributed by atoms with E-state index in [4.69, 9.17) is 25.6 Å². The molecule has 2 aromatic rings. The lowest BCUT2D eigenvalue weighted by atomic mass is 9.43. The largest absolute Gasteiger partial charge is 0.497 e. The van der Waals surface area contributed by atoms with Crippen molar-refractivity contribution in [1.82, 2.24) is 14.9 Å². The molecule has 0 spiro atoms.